The monoisotopic (exact) mass is 326 g/mol. The van der Waals surface area contributed by atoms with Gasteiger partial charge in [-0.05, 0) is 57.6 Å². The van der Waals surface area contributed by atoms with E-state index in [4.69, 9.17) is 4.52 Å². The maximum atomic E-state index is 13.1. The fourth-order valence-electron chi connectivity index (χ4n) is 3.47. The molecule has 24 heavy (non-hydrogen) atoms. The van der Waals surface area contributed by atoms with Gasteiger partial charge in [0.05, 0.1) is 0 Å². The fraction of sp³-hybridized carbons (Fsp3) is 0.556. The number of carbonyl (C=O) groups is 1. The second-order valence-corrected chi connectivity index (χ2v) is 7.09. The van der Waals surface area contributed by atoms with Crippen LogP contribution in [-0.2, 0) is 5.54 Å². The number of nitrogens with zero attached hydrogens (tertiary/aromatic N) is 4. The minimum atomic E-state index is -0.532. The van der Waals surface area contributed by atoms with Crippen molar-refractivity contribution in [3.63, 3.8) is 0 Å². The molecule has 0 unspecified atom stereocenters. The summed E-state index contributed by atoms with van der Waals surface area (Å²) in [4.78, 5) is 23.9. The summed E-state index contributed by atoms with van der Waals surface area (Å²) in [5.74, 6) is 1.72. The van der Waals surface area contributed by atoms with Crippen LogP contribution in [0.25, 0.3) is 0 Å². The number of amides is 1. The largest absolute Gasteiger partial charge is 0.339 e. The smallest absolute Gasteiger partial charge is 0.273 e. The van der Waals surface area contributed by atoms with Crippen LogP contribution in [-0.4, -0.2) is 32.5 Å². The Morgan fingerprint density at radius 2 is 2.21 bits per heavy atom. The Kier molecular flexibility index (Phi) is 3.62. The van der Waals surface area contributed by atoms with Gasteiger partial charge in [-0.3, -0.25) is 9.78 Å². The second-order valence-electron chi connectivity index (χ2n) is 7.09. The normalized spacial score (nSPS) is 24.2. The van der Waals surface area contributed by atoms with Crippen molar-refractivity contribution in [3.05, 3.63) is 41.3 Å². The Labute approximate surface area is 141 Å². The zero-order valence-electron chi connectivity index (χ0n) is 14.2. The van der Waals surface area contributed by atoms with Crippen molar-refractivity contribution in [1.29, 1.82) is 0 Å². The van der Waals surface area contributed by atoms with Gasteiger partial charge in [0.1, 0.15) is 11.2 Å². The Morgan fingerprint density at radius 3 is 2.96 bits per heavy atom. The summed E-state index contributed by atoms with van der Waals surface area (Å²) in [5, 5.41) is 4.22. The van der Waals surface area contributed by atoms with Gasteiger partial charge in [-0.1, -0.05) is 11.2 Å². The third kappa shape index (κ3) is 2.50. The highest BCUT2D eigenvalue weighted by molar-refractivity contribution is 5.94. The van der Waals surface area contributed by atoms with Gasteiger partial charge in [0.25, 0.3) is 5.91 Å². The van der Waals surface area contributed by atoms with Gasteiger partial charge < -0.3 is 9.42 Å². The predicted octanol–water partition coefficient (Wildman–Crippen LogP) is 3.19. The number of pyridine rings is 1. The van der Waals surface area contributed by atoms with Crippen molar-refractivity contribution in [1.82, 2.24) is 20.0 Å². The van der Waals surface area contributed by atoms with Crippen molar-refractivity contribution >= 4 is 5.91 Å². The van der Waals surface area contributed by atoms with Gasteiger partial charge in [0.2, 0.25) is 5.89 Å². The highest BCUT2D eigenvalue weighted by Gasteiger charge is 2.44. The fourth-order valence-corrected chi connectivity index (χ4v) is 3.47. The number of aromatic nitrogens is 3. The Balaban J connectivity index is 1.69. The summed E-state index contributed by atoms with van der Waals surface area (Å²) in [5.41, 5.74) is 0.870. The first-order chi connectivity index (χ1) is 11.6. The average Bonchev–Trinajstić information content (AvgIpc) is 3.31. The molecule has 0 spiro atoms. The molecule has 2 fully saturated rings. The average molecular weight is 326 g/mol. The van der Waals surface area contributed by atoms with Crippen LogP contribution in [0.2, 0.25) is 0 Å². The Hall–Kier alpha value is -2.24. The van der Waals surface area contributed by atoms with E-state index in [0.29, 0.717) is 24.0 Å². The van der Waals surface area contributed by atoms with Gasteiger partial charge in [0.15, 0.2) is 5.82 Å². The molecule has 0 radical (unpaired) electrons. The molecule has 1 aliphatic heterocycles. The van der Waals surface area contributed by atoms with Crippen LogP contribution in [0.5, 0.6) is 0 Å². The van der Waals surface area contributed by atoms with Crippen LogP contribution in [0.15, 0.2) is 22.9 Å². The number of piperidine rings is 1. The van der Waals surface area contributed by atoms with Crippen LogP contribution in [0, 0.1) is 6.92 Å². The number of aryl methyl sites for hydroxylation is 1. The summed E-state index contributed by atoms with van der Waals surface area (Å²) >= 11 is 0. The molecule has 2 aliphatic rings. The van der Waals surface area contributed by atoms with E-state index in [9.17, 15) is 4.79 Å². The minimum Gasteiger partial charge on any atom is -0.339 e. The van der Waals surface area contributed by atoms with Crippen LogP contribution in [0.3, 0.4) is 0 Å². The van der Waals surface area contributed by atoms with Crippen LogP contribution < -0.4 is 0 Å². The van der Waals surface area contributed by atoms with E-state index in [1.165, 1.54) is 0 Å². The lowest BCUT2D eigenvalue weighted by atomic mass is 9.87. The summed E-state index contributed by atoms with van der Waals surface area (Å²) in [6, 6.07) is 3.77. The van der Waals surface area contributed by atoms with E-state index in [0.717, 1.165) is 43.6 Å². The van der Waals surface area contributed by atoms with Crippen molar-refractivity contribution in [2.45, 2.75) is 57.4 Å². The molecule has 6 heteroatoms. The molecule has 0 N–H and O–H groups in total. The summed E-state index contributed by atoms with van der Waals surface area (Å²) in [6.07, 6.45) is 6.78. The molecular weight excluding hydrogens is 304 g/mol. The van der Waals surface area contributed by atoms with Crippen LogP contribution in [0.1, 0.15) is 72.7 Å². The van der Waals surface area contributed by atoms with Gasteiger partial charge >= 0.3 is 0 Å². The first-order valence-corrected chi connectivity index (χ1v) is 8.67. The second kappa shape index (κ2) is 5.69. The topological polar surface area (TPSA) is 72.1 Å². The van der Waals surface area contributed by atoms with E-state index in [2.05, 4.69) is 15.1 Å². The van der Waals surface area contributed by atoms with Crippen LogP contribution in [0.4, 0.5) is 0 Å². The van der Waals surface area contributed by atoms with Gasteiger partial charge in [-0.15, -0.1) is 0 Å². The molecule has 2 aromatic rings. The lowest BCUT2D eigenvalue weighted by molar-refractivity contribution is 0.0318. The van der Waals surface area contributed by atoms with E-state index < -0.39 is 5.54 Å². The molecule has 2 aromatic heterocycles. The van der Waals surface area contributed by atoms with Crippen molar-refractivity contribution in [2.75, 3.05) is 6.54 Å². The number of rotatable bonds is 3. The number of hydrogen-bond donors (Lipinski definition) is 0. The lowest BCUT2D eigenvalue weighted by Crippen LogP contribution is -2.51. The molecular formula is C18H22N4O2. The first-order valence-electron chi connectivity index (χ1n) is 8.67. The molecule has 0 bridgehead atoms. The zero-order valence-corrected chi connectivity index (χ0v) is 14.2. The summed E-state index contributed by atoms with van der Waals surface area (Å²) in [7, 11) is 0. The molecule has 1 atom stereocenters. The third-order valence-corrected chi connectivity index (χ3v) is 5.20. The molecule has 1 aliphatic carbocycles. The number of hydrogen-bond acceptors (Lipinski definition) is 5. The third-order valence-electron chi connectivity index (χ3n) is 5.20. The molecule has 6 nitrogen and oxygen atoms in total. The SMILES string of the molecule is Cc1cccnc1C(=O)N1CCCC[C@@]1(C)c1noc(C2CC2)n1. The van der Waals surface area contributed by atoms with Gasteiger partial charge in [0, 0.05) is 18.7 Å². The zero-order chi connectivity index (χ0) is 16.7. The highest BCUT2D eigenvalue weighted by atomic mass is 16.5. The van der Waals surface area contributed by atoms with E-state index in [1.807, 2.05) is 30.9 Å². The van der Waals surface area contributed by atoms with E-state index in [1.54, 1.807) is 6.20 Å². The molecule has 126 valence electrons. The molecule has 4 rings (SSSR count). The standard InChI is InChI=1S/C18H22N4O2/c1-12-6-5-10-19-14(12)16(23)22-11-4-3-9-18(22,2)17-20-15(24-21-17)13-7-8-13/h5-6,10,13H,3-4,7-9,11H2,1-2H3/t18-/m0/s1. The molecule has 0 aromatic carbocycles. The van der Waals surface area contributed by atoms with Crippen molar-refractivity contribution in [3.8, 4) is 0 Å². The summed E-state index contributed by atoms with van der Waals surface area (Å²) < 4.78 is 5.45. The quantitative estimate of drug-likeness (QED) is 0.866. The maximum absolute atomic E-state index is 13.1. The summed E-state index contributed by atoms with van der Waals surface area (Å²) in [6.45, 7) is 4.66. The number of carbonyl (C=O) groups excluding carboxylic acids is 1. The first kappa shape index (κ1) is 15.3. The molecule has 1 saturated heterocycles. The van der Waals surface area contributed by atoms with E-state index >= 15 is 0 Å². The van der Waals surface area contributed by atoms with Gasteiger partial charge in [-0.2, -0.15) is 4.98 Å². The molecule has 3 heterocycles. The molecule has 1 saturated carbocycles. The lowest BCUT2D eigenvalue weighted by Gasteiger charge is -2.42. The maximum Gasteiger partial charge on any atom is 0.273 e. The van der Waals surface area contributed by atoms with Crippen molar-refractivity contribution < 1.29 is 9.32 Å². The van der Waals surface area contributed by atoms with E-state index in [-0.39, 0.29) is 5.91 Å². The number of likely N-dealkylation sites (tertiary alicyclic amines) is 1. The van der Waals surface area contributed by atoms with Gasteiger partial charge in [-0.25, -0.2) is 0 Å². The Bertz CT molecular complexity index is 768. The Morgan fingerprint density at radius 1 is 1.38 bits per heavy atom. The minimum absolute atomic E-state index is 0.0481. The molecule has 1 amide bonds. The van der Waals surface area contributed by atoms with Crippen molar-refractivity contribution in [2.24, 2.45) is 0 Å². The predicted molar refractivity (Wildman–Crippen MR) is 87.5 cm³/mol. The highest BCUT2D eigenvalue weighted by Crippen LogP contribution is 2.42. The van der Waals surface area contributed by atoms with Crippen LogP contribution >= 0.6 is 0 Å².